The lowest BCUT2D eigenvalue weighted by Gasteiger charge is -2.07. The molecule has 0 bridgehead atoms. The van der Waals surface area contributed by atoms with E-state index < -0.39 is 0 Å². The number of unbranched alkanes of at least 4 members (excludes halogenated alkanes) is 2. The maximum atomic E-state index is 5.64. The highest BCUT2D eigenvalue weighted by Crippen LogP contribution is 2.45. The Morgan fingerprint density at radius 1 is 1.33 bits per heavy atom. The predicted molar refractivity (Wildman–Crippen MR) is 50.0 cm³/mol. The first kappa shape index (κ1) is 8.06. The second kappa shape index (κ2) is 3.06. The van der Waals surface area contributed by atoms with Crippen LogP contribution in [0.5, 0.6) is 0 Å². The Kier molecular flexibility index (Phi) is 2.05. The third-order valence-corrected chi connectivity index (χ3v) is 2.72. The summed E-state index contributed by atoms with van der Waals surface area (Å²) in [6.45, 7) is 2.24. The number of epoxide rings is 1. The number of hydrogen-bond acceptors (Lipinski definition) is 1. The molecule has 0 aromatic rings. The van der Waals surface area contributed by atoms with Crippen LogP contribution in [0.4, 0.5) is 0 Å². The summed E-state index contributed by atoms with van der Waals surface area (Å²) in [5, 5.41) is 0. The zero-order valence-electron chi connectivity index (χ0n) is 7.62. The molecule has 0 aromatic carbocycles. The summed E-state index contributed by atoms with van der Waals surface area (Å²) in [4.78, 5) is 0. The average molecular weight is 164 g/mol. The van der Waals surface area contributed by atoms with E-state index in [1.807, 2.05) is 0 Å². The predicted octanol–water partition coefficient (Wildman–Crippen LogP) is 2.83. The number of allylic oxidation sites excluding steroid dienone is 2. The third kappa shape index (κ3) is 1.34. The van der Waals surface area contributed by atoms with Crippen LogP contribution in [-0.4, -0.2) is 11.7 Å². The summed E-state index contributed by atoms with van der Waals surface area (Å²) < 4.78 is 5.64. The Labute approximate surface area is 74.1 Å². The maximum Gasteiger partial charge on any atom is 0.117 e. The minimum Gasteiger partial charge on any atom is -0.357 e. The molecule has 0 radical (unpaired) electrons. The molecule has 0 saturated carbocycles. The van der Waals surface area contributed by atoms with Crippen LogP contribution in [0.1, 0.15) is 32.6 Å². The van der Waals surface area contributed by atoms with Gasteiger partial charge in [-0.2, -0.15) is 0 Å². The second-order valence-electron chi connectivity index (χ2n) is 3.69. The number of ether oxygens (including phenoxy) is 1. The van der Waals surface area contributed by atoms with Gasteiger partial charge >= 0.3 is 0 Å². The smallest absolute Gasteiger partial charge is 0.117 e. The van der Waals surface area contributed by atoms with Crippen LogP contribution >= 0.6 is 0 Å². The van der Waals surface area contributed by atoms with Crippen molar-refractivity contribution >= 4 is 0 Å². The van der Waals surface area contributed by atoms with Gasteiger partial charge in [0.25, 0.3) is 0 Å². The molecular weight excluding hydrogens is 148 g/mol. The van der Waals surface area contributed by atoms with Gasteiger partial charge in [0.15, 0.2) is 0 Å². The molecule has 1 aliphatic heterocycles. The van der Waals surface area contributed by atoms with Gasteiger partial charge in [-0.25, -0.2) is 0 Å². The van der Waals surface area contributed by atoms with Crippen molar-refractivity contribution < 1.29 is 4.74 Å². The van der Waals surface area contributed by atoms with Crippen molar-refractivity contribution in [1.29, 1.82) is 0 Å². The van der Waals surface area contributed by atoms with E-state index in [2.05, 4.69) is 31.2 Å². The van der Waals surface area contributed by atoms with E-state index in [9.17, 15) is 0 Å². The van der Waals surface area contributed by atoms with Crippen LogP contribution in [0.2, 0.25) is 0 Å². The van der Waals surface area contributed by atoms with Crippen molar-refractivity contribution in [2.45, 2.75) is 44.3 Å². The van der Waals surface area contributed by atoms with Crippen molar-refractivity contribution in [1.82, 2.24) is 0 Å². The molecule has 2 aliphatic rings. The number of fused-ring (bicyclic) bond motifs is 1. The molecule has 66 valence electrons. The van der Waals surface area contributed by atoms with Gasteiger partial charge in [0.2, 0.25) is 0 Å². The summed E-state index contributed by atoms with van der Waals surface area (Å²) in [5.74, 6) is 0. The van der Waals surface area contributed by atoms with E-state index in [0.717, 1.165) is 0 Å². The molecule has 0 N–H and O–H groups in total. The number of hydrogen-bond donors (Lipinski definition) is 0. The topological polar surface area (TPSA) is 12.5 Å². The summed E-state index contributed by atoms with van der Waals surface area (Å²) in [6.07, 6.45) is 14.1. The maximum absolute atomic E-state index is 5.64. The Bertz CT molecular complexity index is 217. The number of rotatable bonds is 4. The van der Waals surface area contributed by atoms with Crippen LogP contribution < -0.4 is 0 Å². The van der Waals surface area contributed by atoms with E-state index in [4.69, 9.17) is 4.74 Å². The Morgan fingerprint density at radius 3 is 3.00 bits per heavy atom. The Balaban J connectivity index is 1.82. The molecular formula is C11H16O. The van der Waals surface area contributed by atoms with Crippen molar-refractivity contribution in [2.24, 2.45) is 0 Å². The van der Waals surface area contributed by atoms with Gasteiger partial charge in [-0.1, -0.05) is 44.4 Å². The molecule has 2 rings (SSSR count). The molecule has 1 fully saturated rings. The lowest BCUT2D eigenvalue weighted by atomic mass is 9.94. The molecule has 1 saturated heterocycles. The highest BCUT2D eigenvalue weighted by atomic mass is 16.6. The Hall–Kier alpha value is -0.560. The van der Waals surface area contributed by atoms with Crippen molar-refractivity contribution in [3.63, 3.8) is 0 Å². The summed E-state index contributed by atoms with van der Waals surface area (Å²) in [7, 11) is 0. The fourth-order valence-electron chi connectivity index (χ4n) is 1.86. The van der Waals surface area contributed by atoms with Gasteiger partial charge < -0.3 is 4.74 Å². The molecule has 1 aliphatic carbocycles. The van der Waals surface area contributed by atoms with E-state index in [1.165, 1.54) is 25.7 Å². The molecule has 12 heavy (non-hydrogen) atoms. The molecule has 2 atom stereocenters. The molecule has 2 unspecified atom stereocenters. The van der Waals surface area contributed by atoms with Gasteiger partial charge in [0.1, 0.15) is 11.7 Å². The minimum atomic E-state index is 0.129. The van der Waals surface area contributed by atoms with Crippen LogP contribution in [0.15, 0.2) is 24.3 Å². The standard InChI is InChI=1S/C11H16O/c1-2-3-5-8-11-9-6-4-7-10(11)12-11/h4,6-7,9-10H,2-3,5,8H2,1H3. The first-order chi connectivity index (χ1) is 5.87. The summed E-state index contributed by atoms with van der Waals surface area (Å²) in [6, 6.07) is 0. The lowest BCUT2D eigenvalue weighted by molar-refractivity contribution is 0.322. The quantitative estimate of drug-likeness (QED) is 0.460. The normalized spacial score (nSPS) is 36.6. The minimum absolute atomic E-state index is 0.129. The van der Waals surface area contributed by atoms with Crippen molar-refractivity contribution in [3.05, 3.63) is 24.3 Å². The monoisotopic (exact) mass is 164 g/mol. The van der Waals surface area contributed by atoms with Crippen LogP contribution in [0.25, 0.3) is 0 Å². The largest absolute Gasteiger partial charge is 0.357 e. The third-order valence-electron chi connectivity index (χ3n) is 2.72. The van der Waals surface area contributed by atoms with E-state index in [0.29, 0.717) is 6.10 Å². The average Bonchev–Trinajstić information content (AvgIpc) is 2.79. The molecule has 1 heterocycles. The zero-order chi connectivity index (χ0) is 8.44. The van der Waals surface area contributed by atoms with E-state index in [-0.39, 0.29) is 5.60 Å². The lowest BCUT2D eigenvalue weighted by Crippen LogP contribution is -2.11. The highest BCUT2D eigenvalue weighted by molar-refractivity contribution is 5.30. The van der Waals surface area contributed by atoms with Crippen molar-refractivity contribution in [2.75, 3.05) is 0 Å². The van der Waals surface area contributed by atoms with E-state index >= 15 is 0 Å². The van der Waals surface area contributed by atoms with Gasteiger partial charge in [-0.15, -0.1) is 0 Å². The van der Waals surface area contributed by atoms with Gasteiger partial charge in [-0.05, 0) is 12.5 Å². The SMILES string of the molecule is CCCCCC12C=CC=CC1O2. The fraction of sp³-hybridized carbons (Fsp3) is 0.636. The van der Waals surface area contributed by atoms with Crippen LogP contribution in [0.3, 0.4) is 0 Å². The fourth-order valence-corrected chi connectivity index (χ4v) is 1.86. The van der Waals surface area contributed by atoms with Crippen LogP contribution in [0, 0.1) is 0 Å². The molecule has 1 heteroatoms. The van der Waals surface area contributed by atoms with E-state index in [1.54, 1.807) is 0 Å². The summed E-state index contributed by atoms with van der Waals surface area (Å²) in [5.41, 5.74) is 0.129. The Morgan fingerprint density at radius 2 is 2.25 bits per heavy atom. The molecule has 0 spiro atoms. The second-order valence-corrected chi connectivity index (χ2v) is 3.69. The van der Waals surface area contributed by atoms with Crippen molar-refractivity contribution in [3.8, 4) is 0 Å². The summed E-state index contributed by atoms with van der Waals surface area (Å²) >= 11 is 0. The molecule has 0 aromatic heterocycles. The highest BCUT2D eigenvalue weighted by Gasteiger charge is 2.52. The van der Waals surface area contributed by atoms with Crippen LogP contribution in [-0.2, 0) is 4.74 Å². The van der Waals surface area contributed by atoms with Gasteiger partial charge in [0.05, 0.1) is 0 Å². The zero-order valence-corrected chi connectivity index (χ0v) is 7.62. The van der Waals surface area contributed by atoms with Gasteiger partial charge in [0, 0.05) is 0 Å². The molecule has 0 amide bonds. The first-order valence-corrected chi connectivity index (χ1v) is 4.91. The van der Waals surface area contributed by atoms with Gasteiger partial charge in [-0.3, -0.25) is 0 Å². The molecule has 1 nitrogen and oxygen atoms in total. The first-order valence-electron chi connectivity index (χ1n) is 4.91.